The number of tetrazole rings is 1. The molecule has 1 aromatic carbocycles. The van der Waals surface area contributed by atoms with Gasteiger partial charge in [-0.2, -0.15) is 5.21 Å². The van der Waals surface area contributed by atoms with Gasteiger partial charge in [0.25, 0.3) is 0 Å². The minimum absolute atomic E-state index is 0.00803. The zero-order chi connectivity index (χ0) is 15.3. The molecule has 0 bridgehead atoms. The average Bonchev–Trinajstić information content (AvgIpc) is 2.97. The molecule has 1 aromatic heterocycles. The molecular weight excluding hydrogens is 302 g/mol. The van der Waals surface area contributed by atoms with Crippen molar-refractivity contribution in [3.05, 3.63) is 30.1 Å². The van der Waals surface area contributed by atoms with Crippen molar-refractivity contribution in [3.8, 4) is 5.75 Å². The largest absolute Gasteiger partial charge is 0.482 e. The van der Waals surface area contributed by atoms with Crippen LogP contribution in [0.1, 0.15) is 5.82 Å². The van der Waals surface area contributed by atoms with E-state index in [9.17, 15) is 13.2 Å². The van der Waals surface area contributed by atoms with Crippen LogP contribution in [-0.4, -0.2) is 46.7 Å². The Morgan fingerprint density at radius 2 is 2.05 bits per heavy atom. The van der Waals surface area contributed by atoms with Crippen LogP contribution in [0.2, 0.25) is 0 Å². The van der Waals surface area contributed by atoms with Gasteiger partial charge in [-0.1, -0.05) is 5.21 Å². The number of hydrogen-bond acceptors (Lipinski definition) is 7. The third-order valence-electron chi connectivity index (χ3n) is 2.31. The Bertz CT molecular complexity index is 698. The summed E-state index contributed by atoms with van der Waals surface area (Å²) in [6.45, 7) is -0.599. The smallest absolute Gasteiger partial charge is 0.341 e. The molecule has 0 radical (unpaired) electrons. The lowest BCUT2D eigenvalue weighted by atomic mass is 10.3. The van der Waals surface area contributed by atoms with Crippen molar-refractivity contribution in [2.45, 2.75) is 11.4 Å². The Morgan fingerprint density at radius 3 is 2.62 bits per heavy atom. The zero-order valence-corrected chi connectivity index (χ0v) is 11.4. The van der Waals surface area contributed by atoms with Crippen LogP contribution in [0.25, 0.3) is 0 Å². The fraction of sp³-hybridized carbons (Fsp3) is 0.200. The first-order valence-electron chi connectivity index (χ1n) is 5.64. The van der Waals surface area contributed by atoms with Gasteiger partial charge < -0.3 is 9.84 Å². The van der Waals surface area contributed by atoms with Gasteiger partial charge in [0.05, 0.1) is 11.4 Å². The highest BCUT2D eigenvalue weighted by Gasteiger charge is 2.15. The van der Waals surface area contributed by atoms with Crippen LogP contribution in [0.3, 0.4) is 0 Å². The molecule has 3 N–H and O–H groups in total. The van der Waals surface area contributed by atoms with E-state index in [1.54, 1.807) is 0 Å². The van der Waals surface area contributed by atoms with Gasteiger partial charge in [0.2, 0.25) is 10.0 Å². The molecule has 0 unspecified atom stereocenters. The van der Waals surface area contributed by atoms with Crippen molar-refractivity contribution in [1.82, 2.24) is 25.3 Å². The second-order valence-electron chi connectivity index (χ2n) is 3.81. The Morgan fingerprint density at radius 1 is 1.33 bits per heavy atom. The Labute approximate surface area is 119 Å². The first-order valence-corrected chi connectivity index (χ1v) is 7.12. The Hall–Kier alpha value is -2.53. The molecule has 0 fully saturated rings. The van der Waals surface area contributed by atoms with Crippen LogP contribution in [0, 0.1) is 0 Å². The molecule has 0 atom stereocenters. The van der Waals surface area contributed by atoms with Crippen LogP contribution < -0.4 is 9.46 Å². The number of carboxylic acid groups (broad SMARTS) is 1. The van der Waals surface area contributed by atoms with Crippen molar-refractivity contribution in [3.63, 3.8) is 0 Å². The zero-order valence-electron chi connectivity index (χ0n) is 10.6. The molecule has 2 aromatic rings. The molecule has 0 aliphatic heterocycles. The molecule has 0 aliphatic carbocycles. The quantitative estimate of drug-likeness (QED) is 0.598. The van der Waals surface area contributed by atoms with Crippen molar-refractivity contribution < 1.29 is 23.1 Å². The number of ether oxygens (including phenoxy) is 1. The summed E-state index contributed by atoms with van der Waals surface area (Å²) in [6.07, 6.45) is 0. The SMILES string of the molecule is O=C(O)COc1ccc(S(=O)(=O)NCc2nn[nH]n2)cc1. The van der Waals surface area contributed by atoms with E-state index < -0.39 is 22.6 Å². The summed E-state index contributed by atoms with van der Waals surface area (Å²) < 4.78 is 31.2. The predicted molar refractivity (Wildman–Crippen MR) is 67.8 cm³/mol. The number of aliphatic carboxylic acids is 1. The maximum absolute atomic E-state index is 12.0. The summed E-state index contributed by atoms with van der Waals surface area (Å²) in [5, 5.41) is 21.2. The minimum atomic E-state index is -3.73. The topological polar surface area (TPSA) is 147 Å². The van der Waals surface area contributed by atoms with Crippen molar-refractivity contribution in [2.24, 2.45) is 0 Å². The van der Waals surface area contributed by atoms with Gasteiger partial charge in [0, 0.05) is 0 Å². The molecular formula is C10H11N5O5S. The number of nitrogens with one attached hydrogen (secondary N) is 2. The standard InChI is InChI=1S/C10H11N5O5S/c16-10(17)6-20-7-1-3-8(4-2-7)21(18,19)11-5-9-12-14-15-13-9/h1-4,11H,5-6H2,(H,16,17)(H,12,13,14,15). The van der Waals surface area contributed by atoms with Crippen molar-refractivity contribution >= 4 is 16.0 Å². The van der Waals surface area contributed by atoms with E-state index in [-0.39, 0.29) is 23.0 Å². The molecule has 11 heteroatoms. The van der Waals surface area contributed by atoms with E-state index in [2.05, 4.69) is 25.3 Å². The van der Waals surface area contributed by atoms with Crippen LogP contribution in [-0.2, 0) is 21.4 Å². The van der Waals surface area contributed by atoms with Crippen molar-refractivity contribution in [1.29, 1.82) is 0 Å². The number of carbonyl (C=O) groups is 1. The molecule has 0 saturated carbocycles. The van der Waals surface area contributed by atoms with Crippen LogP contribution in [0.15, 0.2) is 29.2 Å². The number of benzene rings is 1. The number of aromatic amines is 1. The summed E-state index contributed by atoms with van der Waals surface area (Å²) in [4.78, 5) is 10.4. The normalized spacial score (nSPS) is 11.2. The molecule has 10 nitrogen and oxygen atoms in total. The third-order valence-corrected chi connectivity index (χ3v) is 3.72. The summed E-state index contributed by atoms with van der Waals surface area (Å²) in [7, 11) is -3.73. The molecule has 0 saturated heterocycles. The van der Waals surface area contributed by atoms with Crippen molar-refractivity contribution in [2.75, 3.05) is 6.61 Å². The predicted octanol–water partition coefficient (Wildman–Crippen LogP) is -0.858. The summed E-state index contributed by atoms with van der Waals surface area (Å²) in [6, 6.07) is 5.34. The Kier molecular flexibility index (Phi) is 4.45. The van der Waals surface area contributed by atoms with Gasteiger partial charge >= 0.3 is 5.97 Å². The molecule has 112 valence electrons. The van der Waals surface area contributed by atoms with Crippen LogP contribution in [0.5, 0.6) is 5.75 Å². The van der Waals surface area contributed by atoms with Gasteiger partial charge in [-0.15, -0.1) is 10.2 Å². The molecule has 0 amide bonds. The van der Waals surface area contributed by atoms with Crippen LogP contribution in [0.4, 0.5) is 0 Å². The molecule has 1 heterocycles. The average molecular weight is 313 g/mol. The van der Waals surface area contributed by atoms with E-state index in [0.29, 0.717) is 0 Å². The Balaban J connectivity index is 2.01. The second kappa shape index (κ2) is 6.28. The van der Waals surface area contributed by atoms with E-state index in [1.165, 1.54) is 24.3 Å². The summed E-state index contributed by atoms with van der Waals surface area (Å²) in [5.74, 6) is -0.650. The highest BCUT2D eigenvalue weighted by molar-refractivity contribution is 7.89. The van der Waals surface area contributed by atoms with Crippen LogP contribution >= 0.6 is 0 Å². The minimum Gasteiger partial charge on any atom is -0.482 e. The highest BCUT2D eigenvalue weighted by Crippen LogP contribution is 2.15. The van der Waals surface area contributed by atoms with Gasteiger partial charge in [0.15, 0.2) is 12.4 Å². The highest BCUT2D eigenvalue weighted by atomic mass is 32.2. The monoisotopic (exact) mass is 313 g/mol. The summed E-state index contributed by atoms with van der Waals surface area (Å²) >= 11 is 0. The fourth-order valence-corrected chi connectivity index (χ4v) is 2.34. The van der Waals surface area contributed by atoms with Gasteiger partial charge in [-0.05, 0) is 24.3 Å². The lowest BCUT2D eigenvalue weighted by Crippen LogP contribution is -2.23. The number of aromatic nitrogens is 4. The molecule has 2 rings (SSSR count). The number of hydrogen-bond donors (Lipinski definition) is 3. The molecule has 0 aliphatic rings. The van der Waals surface area contributed by atoms with E-state index in [4.69, 9.17) is 9.84 Å². The second-order valence-corrected chi connectivity index (χ2v) is 5.57. The number of carboxylic acids is 1. The van der Waals surface area contributed by atoms with E-state index >= 15 is 0 Å². The lowest BCUT2D eigenvalue weighted by Gasteiger charge is -2.06. The fourth-order valence-electron chi connectivity index (χ4n) is 1.36. The molecule has 21 heavy (non-hydrogen) atoms. The van der Waals surface area contributed by atoms with E-state index in [1.807, 2.05) is 0 Å². The van der Waals surface area contributed by atoms with Gasteiger partial charge in [-0.3, -0.25) is 0 Å². The number of sulfonamides is 1. The third kappa shape index (κ3) is 4.22. The number of H-pyrrole nitrogens is 1. The molecule has 0 spiro atoms. The first kappa shape index (κ1) is 14.9. The maximum atomic E-state index is 12.0. The van der Waals surface area contributed by atoms with Gasteiger partial charge in [-0.25, -0.2) is 17.9 Å². The number of nitrogens with zero attached hydrogens (tertiary/aromatic N) is 3. The van der Waals surface area contributed by atoms with Gasteiger partial charge in [0.1, 0.15) is 5.75 Å². The first-order chi connectivity index (χ1) is 9.97. The number of rotatable bonds is 7. The maximum Gasteiger partial charge on any atom is 0.341 e. The lowest BCUT2D eigenvalue weighted by molar-refractivity contribution is -0.139. The summed E-state index contributed by atoms with van der Waals surface area (Å²) in [5.41, 5.74) is 0. The van der Waals surface area contributed by atoms with E-state index in [0.717, 1.165) is 0 Å².